The maximum atomic E-state index is 13.1. The lowest BCUT2D eigenvalue weighted by atomic mass is 10.2. The van der Waals surface area contributed by atoms with Crippen LogP contribution in [-0.4, -0.2) is 34.5 Å². The molecule has 1 heterocycles. The number of carbonyl (C=O) groups excluding carboxylic acids is 1. The molecule has 2 aromatic carbocycles. The number of hydrogen-bond acceptors (Lipinski definition) is 5. The van der Waals surface area contributed by atoms with Gasteiger partial charge in [0.05, 0.1) is 22.6 Å². The molecule has 0 fully saturated rings. The average Bonchev–Trinajstić information content (AvgIpc) is 3.16. The number of benzene rings is 2. The Labute approximate surface area is 187 Å². The van der Waals surface area contributed by atoms with Crippen molar-refractivity contribution in [1.29, 1.82) is 0 Å². The van der Waals surface area contributed by atoms with Crippen LogP contribution in [0, 0.1) is 6.92 Å². The van der Waals surface area contributed by atoms with E-state index in [9.17, 15) is 13.2 Å². The van der Waals surface area contributed by atoms with Crippen molar-refractivity contribution in [1.82, 2.24) is 5.32 Å². The lowest BCUT2D eigenvalue weighted by molar-refractivity contribution is 0.0942. The third-order valence-electron chi connectivity index (χ3n) is 5.21. The number of aryl methyl sites for hydroxylation is 1. The van der Waals surface area contributed by atoms with E-state index in [1.165, 1.54) is 22.7 Å². The monoisotopic (exact) mass is 460 g/mol. The first-order valence-corrected chi connectivity index (χ1v) is 12.4. The molecule has 3 rings (SSSR count). The number of thiophene rings is 1. The van der Waals surface area contributed by atoms with Crippen LogP contribution < -0.4 is 14.4 Å². The second-order valence-electron chi connectivity index (χ2n) is 7.60. The minimum Gasteiger partial charge on any atom is -0.496 e. The van der Waals surface area contributed by atoms with E-state index in [4.69, 9.17) is 4.74 Å². The highest BCUT2D eigenvalue weighted by molar-refractivity contribution is 7.92. The molecule has 0 aliphatic rings. The Morgan fingerprint density at radius 3 is 2.58 bits per heavy atom. The third kappa shape index (κ3) is 4.85. The number of hydrogen-bond donors (Lipinski definition) is 1. The van der Waals surface area contributed by atoms with Crippen molar-refractivity contribution in [3.8, 4) is 5.75 Å². The van der Waals surface area contributed by atoms with Crippen molar-refractivity contribution < 1.29 is 17.9 Å². The summed E-state index contributed by atoms with van der Waals surface area (Å²) in [5.74, 6) is 0.541. The molecule has 1 N–H and O–H groups in total. The second kappa shape index (κ2) is 9.28. The van der Waals surface area contributed by atoms with E-state index in [1.54, 1.807) is 37.4 Å². The van der Waals surface area contributed by atoms with Crippen LogP contribution in [-0.2, 0) is 10.0 Å². The zero-order valence-corrected chi connectivity index (χ0v) is 20.1. The largest absolute Gasteiger partial charge is 0.496 e. The van der Waals surface area contributed by atoms with Gasteiger partial charge in [-0.1, -0.05) is 13.3 Å². The number of nitrogens with one attached hydrogen (secondary N) is 1. The predicted octanol–water partition coefficient (Wildman–Crippen LogP) is 4.96. The lowest BCUT2D eigenvalue weighted by Crippen LogP contribution is -2.31. The number of fused-ring (bicyclic) bond motifs is 1. The standard InChI is InChI=1S/C23H28N2O4S2/c1-6-7-16(3)24-23(26)22-14-17-13-18(8-11-21(17)30-22)25(4)31(27,28)19-9-10-20(29-5)15(2)12-19/h8-14,16H,6-7H2,1-5H3,(H,24,26)/t16-/m1/s1. The van der Waals surface area contributed by atoms with Gasteiger partial charge < -0.3 is 10.1 Å². The summed E-state index contributed by atoms with van der Waals surface area (Å²) in [5, 5.41) is 3.85. The van der Waals surface area contributed by atoms with Gasteiger partial charge in [0.25, 0.3) is 15.9 Å². The molecule has 1 aromatic heterocycles. The van der Waals surface area contributed by atoms with Crippen LogP contribution in [0.25, 0.3) is 10.1 Å². The Balaban J connectivity index is 1.88. The summed E-state index contributed by atoms with van der Waals surface area (Å²) in [6, 6.07) is 12.1. The number of nitrogens with zero attached hydrogens (tertiary/aromatic N) is 1. The Kier molecular flexibility index (Phi) is 6.91. The van der Waals surface area contributed by atoms with Gasteiger partial charge in [-0.15, -0.1) is 11.3 Å². The van der Waals surface area contributed by atoms with Gasteiger partial charge in [0, 0.05) is 17.8 Å². The van der Waals surface area contributed by atoms with E-state index < -0.39 is 10.0 Å². The summed E-state index contributed by atoms with van der Waals surface area (Å²) in [7, 11) is -0.655. The van der Waals surface area contributed by atoms with E-state index in [0.29, 0.717) is 16.3 Å². The van der Waals surface area contributed by atoms with Gasteiger partial charge in [0.2, 0.25) is 0 Å². The summed E-state index contributed by atoms with van der Waals surface area (Å²) in [5.41, 5.74) is 1.28. The first-order chi connectivity index (χ1) is 14.7. The summed E-state index contributed by atoms with van der Waals surface area (Å²) in [6.45, 7) is 5.89. The number of amides is 1. The molecular formula is C23H28N2O4S2. The molecule has 8 heteroatoms. The highest BCUT2D eigenvalue weighted by Crippen LogP contribution is 2.32. The third-order valence-corrected chi connectivity index (χ3v) is 8.11. The first-order valence-electron chi connectivity index (χ1n) is 10.2. The van der Waals surface area contributed by atoms with Crippen molar-refractivity contribution in [2.24, 2.45) is 0 Å². The molecule has 0 spiro atoms. The van der Waals surface area contributed by atoms with Crippen molar-refractivity contribution in [2.45, 2.75) is 44.6 Å². The van der Waals surface area contributed by atoms with Crippen molar-refractivity contribution in [2.75, 3.05) is 18.5 Å². The van der Waals surface area contributed by atoms with Gasteiger partial charge in [-0.25, -0.2) is 8.42 Å². The van der Waals surface area contributed by atoms with Gasteiger partial charge in [-0.05, 0) is 73.7 Å². The highest BCUT2D eigenvalue weighted by atomic mass is 32.2. The lowest BCUT2D eigenvalue weighted by Gasteiger charge is -2.20. The number of sulfonamides is 1. The van der Waals surface area contributed by atoms with Gasteiger partial charge in [0.15, 0.2) is 0 Å². The fraction of sp³-hybridized carbons (Fsp3) is 0.348. The molecular weight excluding hydrogens is 432 g/mol. The van der Waals surface area contributed by atoms with Crippen LogP contribution >= 0.6 is 11.3 Å². The molecule has 0 unspecified atom stereocenters. The van der Waals surface area contributed by atoms with Crippen LogP contribution in [0.15, 0.2) is 47.4 Å². The summed E-state index contributed by atoms with van der Waals surface area (Å²) >= 11 is 1.40. The fourth-order valence-electron chi connectivity index (χ4n) is 3.45. The quantitative estimate of drug-likeness (QED) is 0.515. The van der Waals surface area contributed by atoms with Gasteiger partial charge in [-0.2, -0.15) is 0 Å². The van der Waals surface area contributed by atoms with E-state index >= 15 is 0 Å². The van der Waals surface area contributed by atoms with Crippen LogP contribution in [0.2, 0.25) is 0 Å². The maximum absolute atomic E-state index is 13.1. The number of rotatable bonds is 8. The molecule has 0 radical (unpaired) electrons. The molecule has 0 aliphatic heterocycles. The number of ether oxygens (including phenoxy) is 1. The summed E-state index contributed by atoms with van der Waals surface area (Å²) in [4.78, 5) is 13.3. The van der Waals surface area contributed by atoms with Crippen LogP contribution in [0.4, 0.5) is 5.69 Å². The topological polar surface area (TPSA) is 75.7 Å². The number of carbonyl (C=O) groups is 1. The van der Waals surface area contributed by atoms with Crippen molar-refractivity contribution >= 4 is 43.0 Å². The minimum absolute atomic E-state index is 0.0987. The SMILES string of the molecule is CCC[C@@H](C)NC(=O)c1cc2cc(N(C)S(=O)(=O)c3ccc(OC)c(C)c3)ccc2s1. The minimum atomic E-state index is -3.74. The van der Waals surface area contributed by atoms with Crippen LogP contribution in [0.3, 0.4) is 0 Å². The molecule has 31 heavy (non-hydrogen) atoms. The fourth-order valence-corrected chi connectivity index (χ4v) is 5.67. The predicted molar refractivity (Wildman–Crippen MR) is 127 cm³/mol. The van der Waals surface area contributed by atoms with Crippen LogP contribution in [0.5, 0.6) is 5.75 Å². The normalized spacial score (nSPS) is 12.5. The van der Waals surface area contributed by atoms with Gasteiger partial charge >= 0.3 is 0 Å². The molecule has 0 bridgehead atoms. The first kappa shape index (κ1) is 23.1. The molecule has 3 aromatic rings. The van der Waals surface area contributed by atoms with Crippen LogP contribution in [0.1, 0.15) is 41.9 Å². The van der Waals surface area contributed by atoms with E-state index in [-0.39, 0.29) is 16.8 Å². The van der Waals surface area contributed by atoms with E-state index in [1.807, 2.05) is 26.0 Å². The van der Waals surface area contributed by atoms with Gasteiger partial charge in [-0.3, -0.25) is 9.10 Å². The second-order valence-corrected chi connectivity index (χ2v) is 10.7. The zero-order chi connectivity index (χ0) is 22.8. The Morgan fingerprint density at radius 1 is 1.19 bits per heavy atom. The Morgan fingerprint density at radius 2 is 1.94 bits per heavy atom. The zero-order valence-electron chi connectivity index (χ0n) is 18.4. The van der Waals surface area contributed by atoms with Gasteiger partial charge in [0.1, 0.15) is 5.75 Å². The maximum Gasteiger partial charge on any atom is 0.264 e. The molecule has 166 valence electrons. The molecule has 0 saturated carbocycles. The summed E-state index contributed by atoms with van der Waals surface area (Å²) in [6.07, 6.45) is 1.93. The van der Waals surface area contributed by atoms with Crippen molar-refractivity contribution in [3.63, 3.8) is 0 Å². The molecule has 1 amide bonds. The summed E-state index contributed by atoms with van der Waals surface area (Å²) < 4.78 is 33.7. The number of methoxy groups -OCH3 is 1. The number of anilines is 1. The smallest absolute Gasteiger partial charge is 0.264 e. The Bertz CT molecular complexity index is 1200. The molecule has 1 atom stereocenters. The molecule has 0 aliphatic carbocycles. The highest BCUT2D eigenvalue weighted by Gasteiger charge is 2.23. The molecule has 0 saturated heterocycles. The average molecular weight is 461 g/mol. The van der Waals surface area contributed by atoms with Crippen molar-refractivity contribution in [3.05, 3.63) is 52.9 Å². The van der Waals surface area contributed by atoms with E-state index in [2.05, 4.69) is 12.2 Å². The molecule has 6 nitrogen and oxygen atoms in total. The Hall–Kier alpha value is -2.58. The van der Waals surface area contributed by atoms with E-state index in [0.717, 1.165) is 28.5 Å².